The van der Waals surface area contributed by atoms with E-state index < -0.39 is 35.7 Å². The number of aryl methyl sites for hydroxylation is 4. The zero-order valence-corrected chi connectivity index (χ0v) is 27.4. The van der Waals surface area contributed by atoms with Crippen molar-refractivity contribution < 1.29 is 38.1 Å². The maximum absolute atomic E-state index is 14.3. The minimum Gasteiger partial charge on any atom is -0.426 e. The Morgan fingerprint density at radius 1 is 0.435 bits per heavy atom. The standard InChI is InChI=1S/C38H38O8/c1-22-13-9-17-30(26(22)5)43-34(39)21-38(35(40)44-31-18-10-14-23(2)27(31)6,36(41)45-32-19-11-15-24(3)28(32)7)37(42)46-33-20-12-16-25(4)29(33)8/h9-20H,21H2,1-8H3. The maximum atomic E-state index is 14.3. The molecule has 0 aliphatic carbocycles. The Balaban J connectivity index is 1.88. The summed E-state index contributed by atoms with van der Waals surface area (Å²) in [7, 11) is 0. The van der Waals surface area contributed by atoms with Gasteiger partial charge in [0.1, 0.15) is 23.0 Å². The van der Waals surface area contributed by atoms with Crippen LogP contribution in [-0.2, 0) is 19.2 Å². The molecule has 46 heavy (non-hydrogen) atoms. The Morgan fingerprint density at radius 3 is 0.978 bits per heavy atom. The topological polar surface area (TPSA) is 105 Å². The van der Waals surface area contributed by atoms with Gasteiger partial charge in [0.05, 0.1) is 6.42 Å². The van der Waals surface area contributed by atoms with Crippen LogP contribution in [0.1, 0.15) is 50.9 Å². The van der Waals surface area contributed by atoms with Crippen LogP contribution in [0.25, 0.3) is 0 Å². The SMILES string of the molecule is Cc1cccc(OC(=O)CC(C(=O)Oc2cccc(C)c2C)(C(=O)Oc2cccc(C)c2C)C(=O)Oc2cccc(C)c2C)c1C. The molecule has 4 aromatic carbocycles. The normalized spacial score (nSPS) is 11.0. The molecule has 0 saturated carbocycles. The Hall–Kier alpha value is -5.24. The lowest BCUT2D eigenvalue weighted by atomic mass is 9.84. The first-order valence-electron chi connectivity index (χ1n) is 14.9. The number of carbonyl (C=O) groups excluding carboxylic acids is 4. The number of benzene rings is 4. The Kier molecular flexibility index (Phi) is 10.1. The largest absolute Gasteiger partial charge is 0.426 e. The predicted molar refractivity (Wildman–Crippen MR) is 173 cm³/mol. The van der Waals surface area contributed by atoms with Crippen molar-refractivity contribution in [1.29, 1.82) is 0 Å². The van der Waals surface area contributed by atoms with Gasteiger partial charge in [-0.15, -0.1) is 0 Å². The summed E-state index contributed by atoms with van der Waals surface area (Å²) >= 11 is 0. The van der Waals surface area contributed by atoms with E-state index in [1.54, 1.807) is 58.0 Å². The monoisotopic (exact) mass is 622 g/mol. The predicted octanol–water partition coefficient (Wildman–Crippen LogP) is 7.25. The van der Waals surface area contributed by atoms with E-state index in [9.17, 15) is 19.2 Å². The molecule has 0 spiro atoms. The summed E-state index contributed by atoms with van der Waals surface area (Å²) in [6.07, 6.45) is -1.06. The molecule has 238 valence electrons. The molecule has 0 fully saturated rings. The zero-order valence-electron chi connectivity index (χ0n) is 27.4. The van der Waals surface area contributed by atoms with Crippen LogP contribution >= 0.6 is 0 Å². The fourth-order valence-corrected chi connectivity index (χ4v) is 4.74. The third-order valence-corrected chi connectivity index (χ3v) is 8.51. The fraction of sp³-hybridized carbons (Fsp3) is 0.263. The minimum atomic E-state index is -2.92. The lowest BCUT2D eigenvalue weighted by molar-refractivity contribution is -0.175. The number of esters is 4. The van der Waals surface area contributed by atoms with E-state index in [1.807, 2.05) is 52.0 Å². The molecule has 8 nitrogen and oxygen atoms in total. The van der Waals surface area contributed by atoms with Crippen LogP contribution in [0.2, 0.25) is 0 Å². The van der Waals surface area contributed by atoms with Crippen molar-refractivity contribution in [3.8, 4) is 23.0 Å². The van der Waals surface area contributed by atoms with Gasteiger partial charge in [-0.1, -0.05) is 48.5 Å². The van der Waals surface area contributed by atoms with Gasteiger partial charge in [-0.25, -0.2) is 14.4 Å². The highest BCUT2D eigenvalue weighted by Crippen LogP contribution is 2.35. The quantitative estimate of drug-likeness (QED) is 0.109. The highest BCUT2D eigenvalue weighted by Gasteiger charge is 2.60. The smallest absolute Gasteiger partial charge is 0.341 e. The molecule has 4 rings (SSSR count). The molecule has 0 N–H and O–H groups in total. The Morgan fingerprint density at radius 2 is 0.696 bits per heavy atom. The molecule has 0 bridgehead atoms. The lowest BCUT2D eigenvalue weighted by Crippen LogP contribution is -2.54. The van der Waals surface area contributed by atoms with E-state index >= 15 is 0 Å². The number of rotatable bonds is 9. The van der Waals surface area contributed by atoms with Crippen LogP contribution in [0.15, 0.2) is 72.8 Å². The molecular formula is C38H38O8. The van der Waals surface area contributed by atoms with E-state index in [2.05, 4.69) is 0 Å². The van der Waals surface area contributed by atoms with E-state index in [0.29, 0.717) is 22.3 Å². The summed E-state index contributed by atoms with van der Waals surface area (Å²) in [5.41, 5.74) is 2.85. The summed E-state index contributed by atoms with van der Waals surface area (Å²) < 4.78 is 22.9. The van der Waals surface area contributed by atoms with Gasteiger partial charge in [0.25, 0.3) is 5.41 Å². The van der Waals surface area contributed by atoms with Crippen LogP contribution in [-0.4, -0.2) is 23.9 Å². The fourth-order valence-electron chi connectivity index (χ4n) is 4.74. The molecule has 4 aromatic rings. The number of hydrogen-bond donors (Lipinski definition) is 0. The first-order valence-corrected chi connectivity index (χ1v) is 14.9. The molecule has 0 heterocycles. The molecular weight excluding hydrogens is 584 g/mol. The average Bonchev–Trinajstić information content (AvgIpc) is 3.01. The van der Waals surface area contributed by atoms with Gasteiger partial charge in [-0.2, -0.15) is 0 Å². The second kappa shape index (κ2) is 13.8. The van der Waals surface area contributed by atoms with E-state index in [4.69, 9.17) is 18.9 Å². The van der Waals surface area contributed by atoms with Crippen molar-refractivity contribution in [2.75, 3.05) is 0 Å². The molecule has 0 unspecified atom stereocenters. The van der Waals surface area contributed by atoms with Crippen molar-refractivity contribution in [1.82, 2.24) is 0 Å². The van der Waals surface area contributed by atoms with Gasteiger partial charge in [0.15, 0.2) is 0 Å². The second-order valence-corrected chi connectivity index (χ2v) is 11.5. The van der Waals surface area contributed by atoms with Crippen LogP contribution in [0.3, 0.4) is 0 Å². The third-order valence-electron chi connectivity index (χ3n) is 8.51. The number of carbonyl (C=O) groups is 4. The molecule has 0 aliphatic heterocycles. The summed E-state index contributed by atoms with van der Waals surface area (Å²) in [5.74, 6) is -4.53. The van der Waals surface area contributed by atoms with Crippen LogP contribution in [0.4, 0.5) is 0 Å². The van der Waals surface area contributed by atoms with E-state index in [1.165, 1.54) is 18.2 Å². The van der Waals surface area contributed by atoms with Gasteiger partial charge in [-0.05, 0) is 124 Å². The highest BCUT2D eigenvalue weighted by molar-refractivity contribution is 6.21. The Labute approximate surface area is 269 Å². The van der Waals surface area contributed by atoms with Gasteiger partial charge in [-0.3, -0.25) is 4.79 Å². The maximum Gasteiger partial charge on any atom is 0.341 e. The molecule has 0 radical (unpaired) electrons. The third kappa shape index (κ3) is 6.86. The van der Waals surface area contributed by atoms with Gasteiger partial charge < -0.3 is 18.9 Å². The molecule has 0 aliphatic rings. The lowest BCUT2D eigenvalue weighted by Gasteiger charge is -2.27. The summed E-state index contributed by atoms with van der Waals surface area (Å²) in [6, 6.07) is 20.2. The van der Waals surface area contributed by atoms with Crippen LogP contribution in [0, 0.1) is 60.8 Å². The van der Waals surface area contributed by atoms with Crippen LogP contribution < -0.4 is 18.9 Å². The van der Waals surface area contributed by atoms with Crippen molar-refractivity contribution in [3.63, 3.8) is 0 Å². The summed E-state index contributed by atoms with van der Waals surface area (Å²) in [4.78, 5) is 56.7. The van der Waals surface area contributed by atoms with E-state index in [-0.39, 0.29) is 23.0 Å². The zero-order chi connectivity index (χ0) is 33.8. The number of ether oxygens (including phenoxy) is 4. The minimum absolute atomic E-state index is 0.108. The van der Waals surface area contributed by atoms with Crippen molar-refractivity contribution in [3.05, 3.63) is 117 Å². The first-order chi connectivity index (χ1) is 21.8. The molecule has 0 saturated heterocycles. The van der Waals surface area contributed by atoms with E-state index in [0.717, 1.165) is 22.3 Å². The van der Waals surface area contributed by atoms with Gasteiger partial charge in [0, 0.05) is 0 Å². The van der Waals surface area contributed by atoms with Gasteiger partial charge in [0.2, 0.25) is 0 Å². The van der Waals surface area contributed by atoms with Crippen molar-refractivity contribution in [2.24, 2.45) is 5.41 Å². The average molecular weight is 623 g/mol. The molecule has 0 atom stereocenters. The first kappa shape index (κ1) is 33.6. The van der Waals surface area contributed by atoms with Crippen molar-refractivity contribution >= 4 is 23.9 Å². The summed E-state index contributed by atoms with van der Waals surface area (Å²) in [6.45, 7) is 14.3. The molecule has 0 amide bonds. The van der Waals surface area contributed by atoms with Gasteiger partial charge >= 0.3 is 23.9 Å². The molecule has 0 aromatic heterocycles. The molecule has 8 heteroatoms. The van der Waals surface area contributed by atoms with Crippen LogP contribution in [0.5, 0.6) is 23.0 Å². The van der Waals surface area contributed by atoms with Crippen molar-refractivity contribution in [2.45, 2.75) is 61.8 Å². The highest BCUT2D eigenvalue weighted by atomic mass is 16.6. The Bertz CT molecular complexity index is 1680. The second-order valence-electron chi connectivity index (χ2n) is 11.5. The summed E-state index contributed by atoms with van der Waals surface area (Å²) in [5, 5.41) is 0. The number of hydrogen-bond acceptors (Lipinski definition) is 8.